The maximum atomic E-state index is 4.44. The summed E-state index contributed by atoms with van der Waals surface area (Å²) in [4.78, 5) is 3.80. The maximum absolute atomic E-state index is 4.44. The molecule has 0 amide bonds. The van der Waals surface area contributed by atoms with Crippen molar-refractivity contribution in [3.8, 4) is 9.75 Å². The van der Waals surface area contributed by atoms with Crippen LogP contribution in [-0.2, 0) is 0 Å². The van der Waals surface area contributed by atoms with Crippen molar-refractivity contribution in [2.24, 2.45) is 5.10 Å². The van der Waals surface area contributed by atoms with Gasteiger partial charge in [-0.2, -0.15) is 5.10 Å². The molecule has 100 valence electrons. The lowest BCUT2D eigenvalue weighted by Gasteiger charge is -2.01. The Morgan fingerprint density at radius 1 is 0.950 bits per heavy atom. The van der Waals surface area contributed by atoms with Crippen molar-refractivity contribution >= 4 is 34.1 Å². The molecule has 2 nitrogen and oxygen atoms in total. The van der Waals surface area contributed by atoms with Gasteiger partial charge in [-0.05, 0) is 42.6 Å². The maximum Gasteiger partial charge on any atom is 0.0748 e. The van der Waals surface area contributed by atoms with Crippen LogP contribution in [0.3, 0.4) is 0 Å². The van der Waals surface area contributed by atoms with Crippen LogP contribution in [0.1, 0.15) is 11.8 Å². The highest BCUT2D eigenvalue weighted by Crippen LogP contribution is 2.31. The molecule has 0 spiro atoms. The minimum absolute atomic E-state index is 1.00. The second kappa shape index (κ2) is 6.03. The number of nitrogens with one attached hydrogen (secondary N) is 1. The van der Waals surface area contributed by atoms with Gasteiger partial charge in [0, 0.05) is 9.75 Å². The summed E-state index contributed by atoms with van der Waals surface area (Å²) in [5.41, 5.74) is 5.09. The van der Waals surface area contributed by atoms with E-state index in [0.29, 0.717) is 0 Å². The van der Waals surface area contributed by atoms with E-state index in [9.17, 15) is 0 Å². The Bertz CT molecular complexity index is 697. The minimum Gasteiger partial charge on any atom is -0.278 e. The Kier molecular flexibility index (Phi) is 3.95. The third-order valence-electron chi connectivity index (χ3n) is 2.85. The molecule has 1 N–H and O–H groups in total. The normalized spacial score (nSPS) is 11.6. The number of anilines is 1. The Balaban J connectivity index is 1.76. The highest BCUT2D eigenvalue weighted by Gasteiger charge is 2.05. The van der Waals surface area contributed by atoms with Crippen LogP contribution in [0, 0.1) is 0 Å². The molecule has 1 aromatic carbocycles. The first kappa shape index (κ1) is 13.1. The van der Waals surface area contributed by atoms with Crippen molar-refractivity contribution in [2.75, 3.05) is 5.43 Å². The van der Waals surface area contributed by atoms with Crippen LogP contribution >= 0.6 is 22.7 Å². The molecular formula is C16H14N2S2. The summed E-state index contributed by atoms with van der Waals surface area (Å²) in [5.74, 6) is 0. The van der Waals surface area contributed by atoms with Gasteiger partial charge >= 0.3 is 0 Å². The summed E-state index contributed by atoms with van der Waals surface area (Å²) in [7, 11) is 0. The largest absolute Gasteiger partial charge is 0.278 e. The van der Waals surface area contributed by atoms with Gasteiger partial charge in [-0.25, -0.2) is 0 Å². The molecular weight excluding hydrogens is 284 g/mol. The zero-order valence-electron chi connectivity index (χ0n) is 11.0. The number of hydrogen-bond donors (Lipinski definition) is 1. The standard InChI is InChI=1S/C16H14N2S2/c1-12(17-18-13-6-3-2-4-7-13)14-9-10-16(20-14)15-8-5-11-19-15/h2-11,18H,1H3/b17-12+. The van der Waals surface area contributed by atoms with Gasteiger partial charge in [-0.1, -0.05) is 24.3 Å². The molecule has 2 aromatic heterocycles. The Labute approximate surface area is 126 Å². The van der Waals surface area contributed by atoms with Gasteiger partial charge in [0.25, 0.3) is 0 Å². The average molecular weight is 298 g/mol. The summed E-state index contributed by atoms with van der Waals surface area (Å²) in [6.45, 7) is 2.03. The van der Waals surface area contributed by atoms with Crippen LogP contribution in [0.15, 0.2) is 65.1 Å². The number of rotatable bonds is 4. The fourth-order valence-corrected chi connectivity index (χ4v) is 3.59. The van der Waals surface area contributed by atoms with Gasteiger partial charge < -0.3 is 0 Å². The number of nitrogens with zero attached hydrogens (tertiary/aromatic N) is 1. The van der Waals surface area contributed by atoms with Gasteiger partial charge in [0.15, 0.2) is 0 Å². The van der Waals surface area contributed by atoms with Crippen LogP contribution in [0.5, 0.6) is 0 Å². The lowest BCUT2D eigenvalue weighted by atomic mass is 10.3. The first-order valence-electron chi connectivity index (χ1n) is 6.32. The molecule has 0 aliphatic carbocycles. The van der Waals surface area contributed by atoms with E-state index < -0.39 is 0 Å². The molecule has 4 heteroatoms. The van der Waals surface area contributed by atoms with E-state index in [1.165, 1.54) is 14.6 Å². The molecule has 0 radical (unpaired) electrons. The van der Waals surface area contributed by atoms with Gasteiger partial charge in [0.05, 0.1) is 16.3 Å². The molecule has 0 atom stereocenters. The van der Waals surface area contributed by atoms with Crippen molar-refractivity contribution in [1.29, 1.82) is 0 Å². The smallest absolute Gasteiger partial charge is 0.0748 e. The molecule has 2 heterocycles. The number of benzene rings is 1. The predicted octanol–water partition coefficient (Wildman–Crippen LogP) is 5.31. The molecule has 0 unspecified atom stereocenters. The lowest BCUT2D eigenvalue weighted by molar-refractivity contribution is 1.33. The molecule has 0 fully saturated rings. The summed E-state index contributed by atoms with van der Waals surface area (Å²) >= 11 is 3.54. The molecule has 0 aliphatic rings. The van der Waals surface area contributed by atoms with Crippen LogP contribution in [0.4, 0.5) is 5.69 Å². The molecule has 0 saturated carbocycles. The lowest BCUT2D eigenvalue weighted by Crippen LogP contribution is -1.96. The topological polar surface area (TPSA) is 24.4 Å². The summed E-state index contributed by atoms with van der Waals surface area (Å²) in [5, 5.41) is 6.54. The van der Waals surface area contributed by atoms with Crippen molar-refractivity contribution in [3.05, 3.63) is 64.9 Å². The van der Waals surface area contributed by atoms with Gasteiger partial charge in [0.2, 0.25) is 0 Å². The molecule has 0 aliphatic heterocycles. The first-order valence-corrected chi connectivity index (χ1v) is 8.02. The van der Waals surface area contributed by atoms with Crippen LogP contribution in [-0.4, -0.2) is 5.71 Å². The van der Waals surface area contributed by atoms with Crippen molar-refractivity contribution in [2.45, 2.75) is 6.92 Å². The second-order valence-electron chi connectivity index (χ2n) is 4.32. The van der Waals surface area contributed by atoms with E-state index >= 15 is 0 Å². The van der Waals surface area contributed by atoms with E-state index in [0.717, 1.165) is 11.4 Å². The molecule has 20 heavy (non-hydrogen) atoms. The highest BCUT2D eigenvalue weighted by atomic mass is 32.1. The fraction of sp³-hybridized carbons (Fsp3) is 0.0625. The third kappa shape index (κ3) is 2.98. The van der Waals surface area contributed by atoms with Crippen LogP contribution in [0.2, 0.25) is 0 Å². The van der Waals surface area contributed by atoms with Crippen LogP contribution in [0.25, 0.3) is 9.75 Å². The number of para-hydroxylation sites is 1. The Morgan fingerprint density at radius 2 is 1.80 bits per heavy atom. The molecule has 0 saturated heterocycles. The second-order valence-corrected chi connectivity index (χ2v) is 6.35. The molecule has 3 rings (SSSR count). The third-order valence-corrected chi connectivity index (χ3v) is 5.11. The fourth-order valence-electron chi connectivity index (χ4n) is 1.80. The summed E-state index contributed by atoms with van der Waals surface area (Å²) < 4.78 is 0. The SMILES string of the molecule is C/C(=N\Nc1ccccc1)c1ccc(-c2cccs2)s1. The molecule has 0 bridgehead atoms. The van der Waals surface area contributed by atoms with Crippen molar-refractivity contribution < 1.29 is 0 Å². The van der Waals surface area contributed by atoms with Gasteiger partial charge in [0.1, 0.15) is 0 Å². The van der Waals surface area contributed by atoms with Gasteiger partial charge in [-0.3, -0.25) is 5.43 Å². The molecule has 3 aromatic rings. The Hall–Kier alpha value is -1.91. The number of hydrogen-bond acceptors (Lipinski definition) is 4. The van der Waals surface area contributed by atoms with Gasteiger partial charge in [-0.15, -0.1) is 22.7 Å². The first-order chi connectivity index (χ1) is 9.83. The predicted molar refractivity (Wildman–Crippen MR) is 89.9 cm³/mol. The average Bonchev–Trinajstić information content (AvgIpc) is 3.16. The zero-order chi connectivity index (χ0) is 13.8. The van der Waals surface area contributed by atoms with E-state index in [1.807, 2.05) is 37.3 Å². The van der Waals surface area contributed by atoms with Crippen molar-refractivity contribution in [1.82, 2.24) is 0 Å². The minimum atomic E-state index is 1.00. The summed E-state index contributed by atoms with van der Waals surface area (Å²) in [6.07, 6.45) is 0. The van der Waals surface area contributed by atoms with E-state index in [1.54, 1.807) is 22.7 Å². The van der Waals surface area contributed by atoms with Crippen molar-refractivity contribution in [3.63, 3.8) is 0 Å². The number of hydrazone groups is 1. The highest BCUT2D eigenvalue weighted by molar-refractivity contribution is 7.22. The number of thiophene rings is 2. The van der Waals surface area contributed by atoms with Crippen LogP contribution < -0.4 is 5.43 Å². The summed E-state index contributed by atoms with van der Waals surface area (Å²) in [6, 6.07) is 18.5. The zero-order valence-corrected chi connectivity index (χ0v) is 12.7. The van der Waals surface area contributed by atoms with E-state index in [-0.39, 0.29) is 0 Å². The monoisotopic (exact) mass is 298 g/mol. The Morgan fingerprint density at radius 3 is 2.55 bits per heavy atom. The quantitative estimate of drug-likeness (QED) is 0.512. The van der Waals surface area contributed by atoms with E-state index in [4.69, 9.17) is 0 Å². The van der Waals surface area contributed by atoms with E-state index in [2.05, 4.69) is 40.2 Å².